The van der Waals surface area contributed by atoms with E-state index in [1.165, 1.54) is 0 Å². The van der Waals surface area contributed by atoms with Crippen molar-refractivity contribution in [1.29, 1.82) is 0 Å². The van der Waals surface area contributed by atoms with Crippen LogP contribution in [0.2, 0.25) is 0 Å². The monoisotopic (exact) mass is 285 g/mol. The molecule has 16 heavy (non-hydrogen) atoms. The maximum Gasteiger partial charge on any atom is 0.339 e. The van der Waals surface area contributed by atoms with Gasteiger partial charge in [-0.1, -0.05) is 19.8 Å². The third-order valence-corrected chi connectivity index (χ3v) is 2.88. The summed E-state index contributed by atoms with van der Waals surface area (Å²) in [6, 6.07) is 5.10. The summed E-state index contributed by atoms with van der Waals surface area (Å²) in [7, 11) is 0. The summed E-state index contributed by atoms with van der Waals surface area (Å²) >= 11 is 3.30. The number of hydrogen-bond donors (Lipinski definition) is 1. The molecule has 3 nitrogen and oxygen atoms in total. The van der Waals surface area contributed by atoms with Crippen LogP contribution in [0.15, 0.2) is 22.7 Å². The first kappa shape index (κ1) is 13.0. The third kappa shape index (κ3) is 3.85. The molecule has 0 aliphatic rings. The predicted octanol–water partition coefficient (Wildman–Crippen LogP) is 3.38. The van der Waals surface area contributed by atoms with Crippen molar-refractivity contribution in [2.24, 2.45) is 0 Å². The van der Waals surface area contributed by atoms with Gasteiger partial charge in [-0.05, 0) is 40.5 Å². The molecule has 0 radical (unpaired) electrons. The molecule has 0 aliphatic carbocycles. The van der Waals surface area contributed by atoms with Crippen molar-refractivity contribution in [1.82, 2.24) is 0 Å². The van der Waals surface area contributed by atoms with Crippen molar-refractivity contribution in [2.45, 2.75) is 26.2 Å². The fraction of sp³-hybridized carbons (Fsp3) is 0.417. The van der Waals surface area contributed by atoms with Crippen LogP contribution in [-0.2, 0) is 4.74 Å². The number of hydrogen-bond acceptors (Lipinski definition) is 3. The minimum atomic E-state index is -0.324. The molecule has 1 aromatic carbocycles. The normalized spacial score (nSPS) is 10.1. The topological polar surface area (TPSA) is 52.3 Å². The second-order valence-corrected chi connectivity index (χ2v) is 4.44. The first-order chi connectivity index (χ1) is 7.65. The Kier molecular flexibility index (Phi) is 5.32. The molecule has 0 atom stereocenters. The van der Waals surface area contributed by atoms with E-state index < -0.39 is 0 Å². The van der Waals surface area contributed by atoms with Gasteiger partial charge in [0.15, 0.2) is 0 Å². The molecule has 0 unspecified atom stereocenters. The molecular formula is C12H16BrNO2. The Morgan fingerprint density at radius 3 is 2.88 bits per heavy atom. The summed E-state index contributed by atoms with van der Waals surface area (Å²) in [5, 5.41) is 0. The van der Waals surface area contributed by atoms with Crippen molar-refractivity contribution in [2.75, 3.05) is 12.3 Å². The molecule has 2 N–H and O–H groups in total. The van der Waals surface area contributed by atoms with Gasteiger partial charge >= 0.3 is 5.97 Å². The molecule has 0 spiro atoms. The van der Waals surface area contributed by atoms with Gasteiger partial charge in [0.25, 0.3) is 0 Å². The molecule has 1 rings (SSSR count). The number of unbranched alkanes of at least 4 members (excludes halogenated alkanes) is 2. The van der Waals surface area contributed by atoms with Crippen LogP contribution in [0.1, 0.15) is 36.5 Å². The van der Waals surface area contributed by atoms with Gasteiger partial charge in [-0.15, -0.1) is 0 Å². The lowest BCUT2D eigenvalue weighted by Gasteiger charge is -2.06. The Balaban J connectivity index is 2.55. The van der Waals surface area contributed by atoms with E-state index >= 15 is 0 Å². The number of halogens is 1. The Bertz CT molecular complexity index is 366. The van der Waals surface area contributed by atoms with Crippen LogP contribution in [0, 0.1) is 0 Å². The summed E-state index contributed by atoms with van der Waals surface area (Å²) in [5.41, 5.74) is 6.65. The van der Waals surface area contributed by atoms with Crippen LogP contribution in [0.5, 0.6) is 0 Å². The Hall–Kier alpha value is -1.03. The first-order valence-electron chi connectivity index (χ1n) is 5.37. The van der Waals surface area contributed by atoms with Crippen LogP contribution < -0.4 is 5.73 Å². The summed E-state index contributed by atoms with van der Waals surface area (Å²) in [6.45, 7) is 2.57. The molecule has 0 saturated heterocycles. The molecule has 0 amide bonds. The zero-order chi connectivity index (χ0) is 12.0. The second kappa shape index (κ2) is 6.53. The van der Waals surface area contributed by atoms with E-state index in [0.29, 0.717) is 22.3 Å². The highest BCUT2D eigenvalue weighted by Gasteiger charge is 2.11. The number of nitrogen functional groups attached to an aromatic ring is 1. The Morgan fingerprint density at radius 1 is 1.44 bits per heavy atom. The van der Waals surface area contributed by atoms with Crippen LogP contribution >= 0.6 is 15.9 Å². The van der Waals surface area contributed by atoms with Crippen LogP contribution in [0.4, 0.5) is 5.69 Å². The zero-order valence-electron chi connectivity index (χ0n) is 9.33. The molecule has 4 heteroatoms. The van der Waals surface area contributed by atoms with Crippen molar-refractivity contribution in [3.05, 3.63) is 28.2 Å². The van der Waals surface area contributed by atoms with E-state index in [2.05, 4.69) is 22.9 Å². The van der Waals surface area contributed by atoms with E-state index in [9.17, 15) is 4.79 Å². The molecule has 0 heterocycles. The van der Waals surface area contributed by atoms with Gasteiger partial charge in [0, 0.05) is 10.2 Å². The molecular weight excluding hydrogens is 270 g/mol. The van der Waals surface area contributed by atoms with Crippen LogP contribution in [0.25, 0.3) is 0 Å². The minimum absolute atomic E-state index is 0.324. The predicted molar refractivity (Wildman–Crippen MR) is 68.4 cm³/mol. The average Bonchev–Trinajstić information content (AvgIpc) is 2.27. The highest BCUT2D eigenvalue weighted by Crippen LogP contribution is 2.20. The smallest absolute Gasteiger partial charge is 0.339 e. The van der Waals surface area contributed by atoms with E-state index in [1.807, 2.05) is 0 Å². The van der Waals surface area contributed by atoms with Gasteiger partial charge in [-0.3, -0.25) is 0 Å². The fourth-order valence-corrected chi connectivity index (χ4v) is 1.70. The molecule has 0 bridgehead atoms. The molecule has 1 aromatic rings. The standard InChI is InChI=1S/C12H16BrNO2/c1-2-3-4-7-16-12(15)10-8-9(14)5-6-11(10)13/h5-6,8H,2-4,7,14H2,1H3. The van der Waals surface area contributed by atoms with E-state index in [-0.39, 0.29) is 5.97 Å². The van der Waals surface area contributed by atoms with Gasteiger partial charge in [0.1, 0.15) is 0 Å². The molecule has 0 aromatic heterocycles. The number of rotatable bonds is 5. The number of carbonyl (C=O) groups is 1. The Morgan fingerprint density at radius 2 is 2.19 bits per heavy atom. The molecule has 0 fully saturated rings. The van der Waals surface area contributed by atoms with Crippen LogP contribution in [-0.4, -0.2) is 12.6 Å². The van der Waals surface area contributed by atoms with Crippen molar-refractivity contribution < 1.29 is 9.53 Å². The van der Waals surface area contributed by atoms with Gasteiger partial charge in [0.2, 0.25) is 0 Å². The summed E-state index contributed by atoms with van der Waals surface area (Å²) in [4.78, 5) is 11.7. The van der Waals surface area contributed by atoms with Crippen LogP contribution in [0.3, 0.4) is 0 Å². The van der Waals surface area contributed by atoms with Crippen molar-refractivity contribution in [3.8, 4) is 0 Å². The van der Waals surface area contributed by atoms with E-state index in [4.69, 9.17) is 10.5 Å². The quantitative estimate of drug-likeness (QED) is 0.513. The number of ether oxygens (including phenoxy) is 1. The summed E-state index contributed by atoms with van der Waals surface area (Å²) < 4.78 is 5.85. The Labute approximate surface area is 104 Å². The molecule has 0 saturated carbocycles. The number of esters is 1. The van der Waals surface area contributed by atoms with E-state index in [0.717, 1.165) is 19.3 Å². The van der Waals surface area contributed by atoms with Gasteiger partial charge in [-0.2, -0.15) is 0 Å². The minimum Gasteiger partial charge on any atom is -0.462 e. The summed E-state index contributed by atoms with van der Waals surface area (Å²) in [5.74, 6) is -0.324. The highest BCUT2D eigenvalue weighted by atomic mass is 79.9. The van der Waals surface area contributed by atoms with Gasteiger partial charge < -0.3 is 10.5 Å². The fourth-order valence-electron chi connectivity index (χ4n) is 1.29. The second-order valence-electron chi connectivity index (χ2n) is 3.58. The van der Waals surface area contributed by atoms with E-state index in [1.54, 1.807) is 18.2 Å². The van der Waals surface area contributed by atoms with Crippen molar-refractivity contribution >= 4 is 27.6 Å². The molecule has 0 aliphatic heterocycles. The lowest BCUT2D eigenvalue weighted by molar-refractivity contribution is 0.0497. The lowest BCUT2D eigenvalue weighted by atomic mass is 10.2. The number of carbonyl (C=O) groups excluding carboxylic acids is 1. The highest BCUT2D eigenvalue weighted by molar-refractivity contribution is 9.10. The molecule has 88 valence electrons. The zero-order valence-corrected chi connectivity index (χ0v) is 10.9. The largest absolute Gasteiger partial charge is 0.462 e. The number of benzene rings is 1. The van der Waals surface area contributed by atoms with Gasteiger partial charge in [0.05, 0.1) is 12.2 Å². The number of anilines is 1. The third-order valence-electron chi connectivity index (χ3n) is 2.19. The summed E-state index contributed by atoms with van der Waals surface area (Å²) in [6.07, 6.45) is 3.09. The first-order valence-corrected chi connectivity index (χ1v) is 6.16. The lowest BCUT2D eigenvalue weighted by Crippen LogP contribution is -2.07. The average molecular weight is 286 g/mol. The van der Waals surface area contributed by atoms with Crippen molar-refractivity contribution in [3.63, 3.8) is 0 Å². The SMILES string of the molecule is CCCCCOC(=O)c1cc(N)ccc1Br. The number of nitrogens with two attached hydrogens (primary N) is 1. The van der Waals surface area contributed by atoms with Gasteiger partial charge in [-0.25, -0.2) is 4.79 Å². The maximum atomic E-state index is 11.7. The maximum absolute atomic E-state index is 11.7.